The van der Waals surface area contributed by atoms with E-state index in [9.17, 15) is 14.4 Å². The number of nitrogens with zero attached hydrogens (tertiary/aromatic N) is 3. The van der Waals surface area contributed by atoms with Gasteiger partial charge in [0.2, 0.25) is 0 Å². The van der Waals surface area contributed by atoms with Gasteiger partial charge in [0.15, 0.2) is 0 Å². The molecule has 2 amide bonds. The van der Waals surface area contributed by atoms with Gasteiger partial charge in [0.1, 0.15) is 10.5 Å². The Morgan fingerprint density at radius 1 is 1.09 bits per heavy atom. The van der Waals surface area contributed by atoms with Gasteiger partial charge in [0, 0.05) is 38.9 Å². The predicted molar refractivity (Wildman–Crippen MR) is 88.0 cm³/mol. The molecule has 2 heterocycles. The molecule has 0 atom stereocenters. The van der Waals surface area contributed by atoms with Crippen LogP contribution < -0.4 is 4.87 Å². The minimum Gasteiger partial charge on any atom is -0.444 e. The number of rotatable bonds is 1. The zero-order chi connectivity index (χ0) is 17.4. The van der Waals surface area contributed by atoms with E-state index in [0.29, 0.717) is 36.8 Å². The van der Waals surface area contributed by atoms with Crippen LogP contribution in [0.2, 0.25) is 0 Å². The lowest BCUT2D eigenvalue weighted by Gasteiger charge is -2.35. The largest absolute Gasteiger partial charge is 0.444 e. The highest BCUT2D eigenvalue weighted by Gasteiger charge is 2.29. The second kappa shape index (κ2) is 6.35. The first kappa shape index (κ1) is 17.5. The van der Waals surface area contributed by atoms with Gasteiger partial charge in [0.25, 0.3) is 5.91 Å². The standard InChI is InChI=1S/C15H23N3O4S/c1-10-11(23-14(21)16(10)5)12(19)17-6-8-18(9-7-17)13(20)22-15(2,3)4/h6-9H2,1-5H3. The molecule has 0 saturated carbocycles. The van der Waals surface area contributed by atoms with Gasteiger partial charge >= 0.3 is 11.0 Å². The lowest BCUT2D eigenvalue weighted by Crippen LogP contribution is -2.51. The highest BCUT2D eigenvalue weighted by atomic mass is 32.1. The predicted octanol–water partition coefficient (Wildman–Crippen LogP) is 1.45. The second-order valence-corrected chi connectivity index (χ2v) is 7.56. The van der Waals surface area contributed by atoms with Gasteiger partial charge in [-0.2, -0.15) is 0 Å². The number of hydrogen-bond donors (Lipinski definition) is 0. The number of piperazine rings is 1. The van der Waals surface area contributed by atoms with Gasteiger partial charge in [-0.05, 0) is 27.7 Å². The van der Waals surface area contributed by atoms with Crippen LogP contribution in [-0.4, -0.2) is 58.1 Å². The van der Waals surface area contributed by atoms with Crippen LogP contribution >= 0.6 is 11.3 Å². The molecular weight excluding hydrogens is 318 g/mol. The monoisotopic (exact) mass is 341 g/mol. The van der Waals surface area contributed by atoms with Crippen molar-refractivity contribution in [2.45, 2.75) is 33.3 Å². The van der Waals surface area contributed by atoms with Crippen LogP contribution in [0.1, 0.15) is 36.1 Å². The Morgan fingerprint density at radius 3 is 2.04 bits per heavy atom. The fourth-order valence-electron chi connectivity index (χ4n) is 2.28. The van der Waals surface area contributed by atoms with Gasteiger partial charge in [0.05, 0.1) is 0 Å². The highest BCUT2D eigenvalue weighted by Crippen LogP contribution is 2.16. The van der Waals surface area contributed by atoms with Crippen molar-refractivity contribution < 1.29 is 14.3 Å². The molecule has 1 aliphatic heterocycles. The van der Waals surface area contributed by atoms with Crippen molar-refractivity contribution in [3.63, 3.8) is 0 Å². The van der Waals surface area contributed by atoms with E-state index in [2.05, 4.69) is 0 Å². The third-order valence-corrected chi connectivity index (χ3v) is 4.83. The zero-order valence-corrected chi connectivity index (χ0v) is 15.0. The summed E-state index contributed by atoms with van der Waals surface area (Å²) in [5.41, 5.74) is 0.150. The molecule has 1 aromatic heterocycles. The third-order valence-electron chi connectivity index (χ3n) is 3.71. The Kier molecular flexibility index (Phi) is 4.84. The fourth-order valence-corrected chi connectivity index (χ4v) is 3.23. The molecule has 0 bridgehead atoms. The van der Waals surface area contributed by atoms with Crippen molar-refractivity contribution in [1.29, 1.82) is 0 Å². The molecule has 0 spiro atoms. The third kappa shape index (κ3) is 3.93. The van der Waals surface area contributed by atoms with Gasteiger partial charge in [-0.15, -0.1) is 0 Å². The first-order chi connectivity index (χ1) is 10.6. The van der Waals surface area contributed by atoms with Gasteiger partial charge in [-0.1, -0.05) is 11.3 Å². The summed E-state index contributed by atoms with van der Waals surface area (Å²) < 4.78 is 6.82. The summed E-state index contributed by atoms with van der Waals surface area (Å²) >= 11 is 0.969. The van der Waals surface area contributed by atoms with Gasteiger partial charge in [-0.25, -0.2) is 4.79 Å². The summed E-state index contributed by atoms with van der Waals surface area (Å²) in [7, 11) is 1.66. The van der Waals surface area contributed by atoms with Crippen molar-refractivity contribution in [3.8, 4) is 0 Å². The molecule has 0 N–H and O–H groups in total. The summed E-state index contributed by atoms with van der Waals surface area (Å²) in [6, 6.07) is 0. The topological polar surface area (TPSA) is 71.9 Å². The molecule has 0 unspecified atom stereocenters. The van der Waals surface area contributed by atoms with Crippen LogP contribution in [0.15, 0.2) is 4.79 Å². The summed E-state index contributed by atoms with van der Waals surface area (Å²) in [5, 5.41) is 0. The number of carbonyl (C=O) groups excluding carboxylic acids is 2. The van der Waals surface area contributed by atoms with Gasteiger partial charge < -0.3 is 19.1 Å². The lowest BCUT2D eigenvalue weighted by atomic mass is 10.2. The maximum absolute atomic E-state index is 12.5. The van der Waals surface area contributed by atoms with Crippen LogP contribution in [0.25, 0.3) is 0 Å². The van der Waals surface area contributed by atoms with E-state index in [-0.39, 0.29) is 16.9 Å². The number of ether oxygens (including phenoxy) is 1. The number of hydrogen-bond acceptors (Lipinski definition) is 5. The summed E-state index contributed by atoms with van der Waals surface area (Å²) in [4.78, 5) is 39.8. The highest BCUT2D eigenvalue weighted by molar-refractivity contribution is 7.11. The van der Waals surface area contributed by atoms with Crippen LogP contribution in [0.4, 0.5) is 4.79 Å². The van der Waals surface area contributed by atoms with Crippen LogP contribution in [0.5, 0.6) is 0 Å². The maximum atomic E-state index is 12.5. The Bertz CT molecular complexity index is 663. The normalized spacial score (nSPS) is 15.7. The van der Waals surface area contributed by atoms with Crippen molar-refractivity contribution in [2.24, 2.45) is 7.05 Å². The van der Waals surface area contributed by atoms with Crippen LogP contribution in [0, 0.1) is 6.92 Å². The molecule has 2 rings (SSSR count). The first-order valence-corrected chi connectivity index (χ1v) is 8.35. The number of amides is 2. The SMILES string of the molecule is Cc1c(C(=O)N2CCN(C(=O)OC(C)(C)C)CC2)sc(=O)n1C. The van der Waals surface area contributed by atoms with Gasteiger partial charge in [-0.3, -0.25) is 9.59 Å². The molecule has 1 aromatic rings. The molecule has 8 heteroatoms. The Hall–Kier alpha value is -1.83. The van der Waals surface area contributed by atoms with E-state index in [0.717, 1.165) is 11.3 Å². The Balaban J connectivity index is 1.99. The minimum absolute atomic E-state index is 0.141. The quantitative estimate of drug-likeness (QED) is 0.775. The van der Waals surface area contributed by atoms with Crippen molar-refractivity contribution in [3.05, 3.63) is 20.2 Å². The molecule has 1 saturated heterocycles. The molecule has 7 nitrogen and oxygen atoms in total. The average Bonchev–Trinajstić information content (AvgIpc) is 2.72. The average molecular weight is 341 g/mol. The lowest BCUT2D eigenvalue weighted by molar-refractivity contribution is 0.0141. The molecule has 0 radical (unpaired) electrons. The van der Waals surface area contributed by atoms with Crippen molar-refractivity contribution >= 4 is 23.3 Å². The molecule has 1 fully saturated rings. The second-order valence-electron chi connectivity index (χ2n) is 6.60. The van der Waals surface area contributed by atoms with Crippen molar-refractivity contribution in [1.82, 2.24) is 14.4 Å². The maximum Gasteiger partial charge on any atom is 0.410 e. The first-order valence-electron chi connectivity index (χ1n) is 7.54. The van der Waals surface area contributed by atoms with Crippen LogP contribution in [0.3, 0.4) is 0 Å². The molecule has 0 aliphatic carbocycles. The number of aromatic nitrogens is 1. The molecular formula is C15H23N3O4S. The molecule has 128 valence electrons. The zero-order valence-electron chi connectivity index (χ0n) is 14.2. The van der Waals surface area contributed by atoms with E-state index < -0.39 is 5.60 Å². The van der Waals surface area contributed by atoms with E-state index in [1.807, 2.05) is 20.8 Å². The van der Waals surface area contributed by atoms with Crippen molar-refractivity contribution in [2.75, 3.05) is 26.2 Å². The summed E-state index contributed by atoms with van der Waals surface area (Å²) in [6.45, 7) is 8.98. The van der Waals surface area contributed by atoms with E-state index in [4.69, 9.17) is 4.74 Å². The minimum atomic E-state index is -0.530. The number of thiazole rings is 1. The Labute approximate surface area is 139 Å². The van der Waals surface area contributed by atoms with E-state index in [1.54, 1.807) is 23.8 Å². The number of carbonyl (C=O) groups is 2. The van der Waals surface area contributed by atoms with E-state index in [1.165, 1.54) is 4.57 Å². The van der Waals surface area contributed by atoms with Crippen LogP contribution in [-0.2, 0) is 11.8 Å². The fraction of sp³-hybridized carbons (Fsp3) is 0.667. The molecule has 1 aliphatic rings. The molecule has 0 aromatic carbocycles. The molecule has 23 heavy (non-hydrogen) atoms. The summed E-state index contributed by atoms with van der Waals surface area (Å²) in [6.07, 6.45) is -0.356. The van der Waals surface area contributed by atoms with E-state index >= 15 is 0 Å². The Morgan fingerprint density at radius 2 is 1.61 bits per heavy atom. The smallest absolute Gasteiger partial charge is 0.410 e. The summed E-state index contributed by atoms with van der Waals surface area (Å²) in [5.74, 6) is -0.144.